The molecule has 1 rings (SSSR count). The molecule has 0 aliphatic carbocycles. The molecule has 12 heavy (non-hydrogen) atoms. The molecular formula is C7H6BrO3S. The van der Waals surface area contributed by atoms with E-state index >= 15 is 0 Å². The third-order valence-electron chi connectivity index (χ3n) is 1.26. The van der Waals surface area contributed by atoms with Gasteiger partial charge in [0, 0.05) is 4.47 Å². The fraction of sp³-hybridized carbons (Fsp3) is 0. The highest BCUT2D eigenvalue weighted by molar-refractivity contribution is 9.10. The first-order chi connectivity index (χ1) is 5.58. The van der Waals surface area contributed by atoms with Crippen LogP contribution < -0.4 is 0 Å². The normalized spacial score (nSPS) is 11.5. The Morgan fingerprint density at radius 3 is 2.42 bits per heavy atom. The number of hydrogen-bond donors (Lipinski definition) is 0. The van der Waals surface area contributed by atoms with Crippen molar-refractivity contribution in [1.29, 1.82) is 0 Å². The molecule has 1 aromatic carbocycles. The van der Waals surface area contributed by atoms with Crippen molar-refractivity contribution in [1.82, 2.24) is 0 Å². The molecule has 0 spiro atoms. The number of rotatable bonds is 2. The van der Waals surface area contributed by atoms with E-state index in [1.165, 1.54) is 6.07 Å². The Kier molecular flexibility index (Phi) is 2.87. The molecule has 0 unspecified atom stereocenters. The zero-order valence-electron chi connectivity index (χ0n) is 6.03. The summed E-state index contributed by atoms with van der Waals surface area (Å²) in [6.07, 6.45) is 0. The lowest BCUT2D eigenvalue weighted by Crippen LogP contribution is -2.01. The van der Waals surface area contributed by atoms with Gasteiger partial charge >= 0.3 is 0 Å². The third kappa shape index (κ3) is 1.85. The largest absolute Gasteiger partial charge is 0.298 e. The van der Waals surface area contributed by atoms with Crippen LogP contribution in [0.3, 0.4) is 0 Å². The minimum Gasteiger partial charge on any atom is -0.264 e. The smallest absolute Gasteiger partial charge is 0.264 e. The second kappa shape index (κ2) is 3.55. The van der Waals surface area contributed by atoms with Crippen molar-refractivity contribution < 1.29 is 12.6 Å². The molecule has 0 heterocycles. The molecule has 0 saturated heterocycles. The van der Waals surface area contributed by atoms with Gasteiger partial charge in [0.1, 0.15) is 4.90 Å². The van der Waals surface area contributed by atoms with E-state index in [0.717, 1.165) is 0 Å². The van der Waals surface area contributed by atoms with Crippen molar-refractivity contribution in [3.63, 3.8) is 0 Å². The van der Waals surface area contributed by atoms with Gasteiger partial charge in [-0.3, -0.25) is 4.18 Å². The monoisotopic (exact) mass is 249 g/mol. The maximum atomic E-state index is 11.1. The summed E-state index contributed by atoms with van der Waals surface area (Å²) < 4.78 is 26.8. The van der Waals surface area contributed by atoms with Crippen molar-refractivity contribution in [3.05, 3.63) is 35.8 Å². The molecule has 0 N–H and O–H groups in total. The van der Waals surface area contributed by atoms with Crippen LogP contribution in [0.5, 0.6) is 0 Å². The van der Waals surface area contributed by atoms with Crippen LogP contribution in [0.25, 0.3) is 0 Å². The first-order valence-electron chi connectivity index (χ1n) is 3.01. The minimum absolute atomic E-state index is 0.0833. The summed E-state index contributed by atoms with van der Waals surface area (Å²) in [6, 6.07) is 6.37. The molecule has 0 amide bonds. The van der Waals surface area contributed by atoms with Gasteiger partial charge in [-0.15, -0.1) is 0 Å². The molecule has 1 aromatic rings. The molecule has 0 aromatic heterocycles. The topological polar surface area (TPSA) is 43.4 Å². The van der Waals surface area contributed by atoms with E-state index in [1.807, 2.05) is 0 Å². The lowest BCUT2D eigenvalue weighted by molar-refractivity contribution is 0.437. The van der Waals surface area contributed by atoms with Crippen LogP contribution in [0.4, 0.5) is 0 Å². The molecule has 0 aliphatic rings. The first kappa shape index (κ1) is 9.70. The Balaban J connectivity index is 3.30. The fourth-order valence-electron chi connectivity index (χ4n) is 0.711. The zero-order chi connectivity index (χ0) is 9.19. The van der Waals surface area contributed by atoms with E-state index < -0.39 is 10.1 Å². The van der Waals surface area contributed by atoms with Crippen LogP contribution in [0.1, 0.15) is 0 Å². The van der Waals surface area contributed by atoms with Crippen LogP contribution in [0, 0.1) is 7.11 Å². The summed E-state index contributed by atoms with van der Waals surface area (Å²) in [5.41, 5.74) is 0. The van der Waals surface area contributed by atoms with E-state index in [-0.39, 0.29) is 4.90 Å². The first-order valence-corrected chi connectivity index (χ1v) is 5.21. The molecule has 0 bridgehead atoms. The van der Waals surface area contributed by atoms with Crippen LogP contribution in [-0.4, -0.2) is 8.42 Å². The molecule has 1 radical (unpaired) electrons. The zero-order valence-corrected chi connectivity index (χ0v) is 8.43. The summed E-state index contributed by atoms with van der Waals surface area (Å²) >= 11 is 3.09. The Bertz CT molecular complexity index is 372. The molecule has 0 atom stereocenters. The molecule has 0 saturated carbocycles. The summed E-state index contributed by atoms with van der Waals surface area (Å²) in [4.78, 5) is 0.0833. The van der Waals surface area contributed by atoms with Crippen molar-refractivity contribution in [3.8, 4) is 0 Å². The van der Waals surface area contributed by atoms with Crippen molar-refractivity contribution >= 4 is 26.0 Å². The van der Waals surface area contributed by atoms with Gasteiger partial charge in [-0.25, -0.2) is 0 Å². The Morgan fingerprint density at radius 2 is 1.92 bits per heavy atom. The number of benzene rings is 1. The average molecular weight is 250 g/mol. The van der Waals surface area contributed by atoms with E-state index in [4.69, 9.17) is 0 Å². The van der Waals surface area contributed by atoms with Crippen LogP contribution in [-0.2, 0) is 14.3 Å². The summed E-state index contributed by atoms with van der Waals surface area (Å²) in [6.45, 7) is 0. The SMILES string of the molecule is [CH2]OS(=O)(=O)c1ccccc1Br. The van der Waals surface area contributed by atoms with Crippen LogP contribution in [0.15, 0.2) is 33.6 Å². The summed E-state index contributed by atoms with van der Waals surface area (Å²) in [5.74, 6) is 0. The van der Waals surface area contributed by atoms with Gasteiger partial charge in [0.25, 0.3) is 10.1 Å². The molecular weight excluding hydrogens is 244 g/mol. The fourth-order valence-corrected chi connectivity index (χ4v) is 2.27. The predicted molar refractivity (Wildman–Crippen MR) is 47.8 cm³/mol. The molecule has 65 valence electrons. The van der Waals surface area contributed by atoms with Crippen LogP contribution in [0.2, 0.25) is 0 Å². The average Bonchev–Trinajstić information content (AvgIpc) is 2.05. The molecule has 3 nitrogen and oxygen atoms in total. The van der Waals surface area contributed by atoms with Gasteiger partial charge in [-0.2, -0.15) is 8.42 Å². The highest BCUT2D eigenvalue weighted by atomic mass is 79.9. The lowest BCUT2D eigenvalue weighted by atomic mass is 10.4. The quantitative estimate of drug-likeness (QED) is 0.753. The molecule has 0 fully saturated rings. The third-order valence-corrected chi connectivity index (χ3v) is 3.42. The number of halogens is 1. The van der Waals surface area contributed by atoms with Gasteiger partial charge in [-0.1, -0.05) is 12.1 Å². The second-order valence-electron chi connectivity index (χ2n) is 2.00. The minimum atomic E-state index is -3.69. The number of hydrogen-bond acceptors (Lipinski definition) is 3. The van der Waals surface area contributed by atoms with Gasteiger partial charge in [-0.05, 0) is 28.1 Å². The van der Waals surface area contributed by atoms with E-state index in [2.05, 4.69) is 27.2 Å². The van der Waals surface area contributed by atoms with E-state index in [0.29, 0.717) is 4.47 Å². The van der Waals surface area contributed by atoms with Gasteiger partial charge in [0.15, 0.2) is 0 Å². The van der Waals surface area contributed by atoms with Crippen molar-refractivity contribution in [2.24, 2.45) is 0 Å². The predicted octanol–water partition coefficient (Wildman–Crippen LogP) is 1.95. The summed E-state index contributed by atoms with van der Waals surface area (Å²) in [5, 5.41) is 0. The Morgan fingerprint density at radius 1 is 1.33 bits per heavy atom. The maximum absolute atomic E-state index is 11.1. The standard InChI is InChI=1S/C7H6BrO3S/c1-11-12(9,10)7-5-3-2-4-6(7)8/h2-5H,1H2. The maximum Gasteiger partial charge on any atom is 0.298 e. The van der Waals surface area contributed by atoms with Gasteiger partial charge in [0.2, 0.25) is 0 Å². The Labute approximate surface area is 79.6 Å². The summed E-state index contributed by atoms with van der Waals surface area (Å²) in [7, 11) is -0.821. The highest BCUT2D eigenvalue weighted by Gasteiger charge is 2.15. The lowest BCUT2D eigenvalue weighted by Gasteiger charge is -2.01. The van der Waals surface area contributed by atoms with E-state index in [9.17, 15) is 8.42 Å². The van der Waals surface area contributed by atoms with Crippen LogP contribution >= 0.6 is 15.9 Å². The second-order valence-corrected chi connectivity index (χ2v) is 4.44. The molecule has 5 heteroatoms. The Hall–Kier alpha value is -0.390. The van der Waals surface area contributed by atoms with Gasteiger partial charge < -0.3 is 0 Å². The van der Waals surface area contributed by atoms with Gasteiger partial charge in [0.05, 0.1) is 7.11 Å². The molecule has 0 aliphatic heterocycles. The van der Waals surface area contributed by atoms with Crippen molar-refractivity contribution in [2.75, 3.05) is 0 Å². The van der Waals surface area contributed by atoms with E-state index in [1.54, 1.807) is 18.2 Å². The van der Waals surface area contributed by atoms with Crippen molar-refractivity contribution in [2.45, 2.75) is 4.90 Å². The highest BCUT2D eigenvalue weighted by Crippen LogP contribution is 2.22.